The van der Waals surface area contributed by atoms with Crippen LogP contribution in [0.1, 0.15) is 41.5 Å². The predicted octanol–water partition coefficient (Wildman–Crippen LogP) is 4.35. The third-order valence-corrected chi connectivity index (χ3v) is 5.54. The first-order chi connectivity index (χ1) is 10.6. The Kier molecular flexibility index (Phi) is 3.60. The molecule has 1 aromatic carbocycles. The molecule has 1 fully saturated rings. The lowest BCUT2D eigenvalue weighted by Gasteiger charge is -2.35. The molecule has 2 unspecified atom stereocenters. The molecule has 0 amide bonds. The van der Waals surface area contributed by atoms with E-state index in [9.17, 15) is 0 Å². The van der Waals surface area contributed by atoms with Crippen molar-refractivity contribution in [3.8, 4) is 0 Å². The van der Waals surface area contributed by atoms with Gasteiger partial charge in [0.15, 0.2) is 0 Å². The Bertz CT molecular complexity index is 732. The highest BCUT2D eigenvalue weighted by Crippen LogP contribution is 2.43. The van der Waals surface area contributed by atoms with Gasteiger partial charge in [0.05, 0.1) is 15.7 Å². The smallest absolute Gasteiger partial charge is 0.125 e. The summed E-state index contributed by atoms with van der Waals surface area (Å²) in [5.74, 6) is 0.871. The van der Waals surface area contributed by atoms with Crippen LogP contribution in [0.25, 0.3) is 0 Å². The van der Waals surface area contributed by atoms with Crippen molar-refractivity contribution < 1.29 is 0 Å². The molecule has 2 aliphatic rings. The van der Waals surface area contributed by atoms with E-state index in [4.69, 9.17) is 23.2 Å². The fourth-order valence-electron chi connectivity index (χ4n) is 3.77. The van der Waals surface area contributed by atoms with E-state index in [0.29, 0.717) is 22.1 Å². The summed E-state index contributed by atoms with van der Waals surface area (Å²) in [5, 5.41) is 1.24. The average molecular weight is 334 g/mol. The highest BCUT2D eigenvalue weighted by Gasteiger charge is 2.40. The summed E-state index contributed by atoms with van der Waals surface area (Å²) >= 11 is 12.2. The van der Waals surface area contributed by atoms with Crippen molar-refractivity contribution in [1.29, 1.82) is 0 Å². The maximum atomic E-state index is 6.15. The van der Waals surface area contributed by atoms with Crippen molar-refractivity contribution in [3.05, 3.63) is 57.1 Å². The van der Waals surface area contributed by atoms with Gasteiger partial charge in [-0.3, -0.25) is 4.90 Å². The molecule has 5 heteroatoms. The monoisotopic (exact) mass is 333 g/mol. The van der Waals surface area contributed by atoms with Crippen LogP contribution >= 0.6 is 23.2 Å². The molecule has 3 nitrogen and oxygen atoms in total. The molecule has 0 saturated carbocycles. The van der Waals surface area contributed by atoms with Gasteiger partial charge in [-0.25, -0.2) is 9.97 Å². The van der Waals surface area contributed by atoms with E-state index in [1.807, 2.05) is 25.3 Å². The third kappa shape index (κ3) is 2.41. The highest BCUT2D eigenvalue weighted by atomic mass is 35.5. The first-order valence-electron chi connectivity index (χ1n) is 7.64. The zero-order chi connectivity index (χ0) is 15.3. The van der Waals surface area contributed by atoms with Crippen LogP contribution in [-0.2, 0) is 13.0 Å². The zero-order valence-corrected chi connectivity index (χ0v) is 13.9. The highest BCUT2D eigenvalue weighted by molar-refractivity contribution is 6.42. The Balaban J connectivity index is 1.64. The second kappa shape index (κ2) is 5.48. The van der Waals surface area contributed by atoms with Gasteiger partial charge in [-0.15, -0.1) is 0 Å². The van der Waals surface area contributed by atoms with E-state index >= 15 is 0 Å². The molecule has 1 saturated heterocycles. The van der Waals surface area contributed by atoms with Crippen LogP contribution in [-0.4, -0.2) is 20.9 Å². The number of aryl methyl sites for hydroxylation is 1. The SMILES string of the molecule is Cc1ncc2c(n1)CC1CCC2N1Cc1ccc(Cl)c(Cl)c1. The molecule has 2 aliphatic heterocycles. The lowest BCUT2D eigenvalue weighted by Crippen LogP contribution is -2.37. The van der Waals surface area contributed by atoms with Gasteiger partial charge in [0.25, 0.3) is 0 Å². The van der Waals surface area contributed by atoms with Gasteiger partial charge in [-0.05, 0) is 37.5 Å². The molecule has 2 bridgehead atoms. The maximum Gasteiger partial charge on any atom is 0.125 e. The Morgan fingerprint density at radius 2 is 2.09 bits per heavy atom. The van der Waals surface area contributed by atoms with Crippen molar-refractivity contribution in [2.45, 2.75) is 44.8 Å². The Morgan fingerprint density at radius 1 is 1.23 bits per heavy atom. The zero-order valence-electron chi connectivity index (χ0n) is 12.4. The molecule has 4 rings (SSSR count). The molecule has 2 aromatic rings. The normalized spacial score (nSPS) is 23.6. The van der Waals surface area contributed by atoms with Crippen molar-refractivity contribution in [3.63, 3.8) is 0 Å². The van der Waals surface area contributed by atoms with Crippen LogP contribution in [0.3, 0.4) is 0 Å². The predicted molar refractivity (Wildman–Crippen MR) is 88.2 cm³/mol. The van der Waals surface area contributed by atoms with Gasteiger partial charge < -0.3 is 0 Å². The maximum absolute atomic E-state index is 6.15. The van der Waals surface area contributed by atoms with Gasteiger partial charge in [0.2, 0.25) is 0 Å². The number of rotatable bonds is 2. The molecular formula is C17H17Cl2N3. The number of hydrogen-bond donors (Lipinski definition) is 0. The van der Waals surface area contributed by atoms with E-state index in [1.54, 1.807) is 0 Å². The van der Waals surface area contributed by atoms with E-state index in [-0.39, 0.29) is 0 Å². The standard InChI is InChI=1S/C17H17Cl2N3/c1-10-20-8-13-16(21-10)7-12-3-5-17(13)22(12)9-11-2-4-14(18)15(19)6-11/h2,4,6,8,12,17H,3,5,7,9H2,1H3. The second-order valence-electron chi connectivity index (χ2n) is 6.19. The number of nitrogens with zero attached hydrogens (tertiary/aromatic N) is 3. The minimum absolute atomic E-state index is 0.434. The van der Waals surface area contributed by atoms with Crippen molar-refractivity contribution >= 4 is 23.2 Å². The fraction of sp³-hybridized carbons (Fsp3) is 0.412. The van der Waals surface area contributed by atoms with E-state index in [2.05, 4.69) is 20.9 Å². The number of halogens is 2. The topological polar surface area (TPSA) is 29.0 Å². The molecule has 2 atom stereocenters. The van der Waals surface area contributed by atoms with Crippen LogP contribution < -0.4 is 0 Å². The number of hydrogen-bond acceptors (Lipinski definition) is 3. The lowest BCUT2D eigenvalue weighted by atomic mass is 9.98. The summed E-state index contributed by atoms with van der Waals surface area (Å²) in [6.07, 6.45) is 5.45. The summed E-state index contributed by atoms with van der Waals surface area (Å²) in [6, 6.07) is 6.93. The first kappa shape index (κ1) is 14.4. The summed E-state index contributed by atoms with van der Waals surface area (Å²) in [5.41, 5.74) is 3.76. The van der Waals surface area contributed by atoms with Crippen LogP contribution in [0.2, 0.25) is 10.0 Å². The van der Waals surface area contributed by atoms with Crippen molar-refractivity contribution in [1.82, 2.24) is 14.9 Å². The molecule has 0 radical (unpaired) electrons. The summed E-state index contributed by atoms with van der Waals surface area (Å²) < 4.78 is 0. The molecule has 0 spiro atoms. The first-order valence-corrected chi connectivity index (χ1v) is 8.39. The molecule has 3 heterocycles. The lowest BCUT2D eigenvalue weighted by molar-refractivity contribution is 0.166. The van der Waals surface area contributed by atoms with Crippen molar-refractivity contribution in [2.75, 3.05) is 0 Å². The fourth-order valence-corrected chi connectivity index (χ4v) is 4.09. The number of aromatic nitrogens is 2. The molecule has 0 aliphatic carbocycles. The minimum Gasteiger partial charge on any atom is -0.289 e. The quantitative estimate of drug-likeness (QED) is 0.817. The summed E-state index contributed by atoms with van der Waals surface area (Å²) in [7, 11) is 0. The van der Waals surface area contributed by atoms with Gasteiger partial charge in [0.1, 0.15) is 5.82 Å². The summed E-state index contributed by atoms with van der Waals surface area (Å²) in [4.78, 5) is 11.6. The summed E-state index contributed by atoms with van der Waals surface area (Å²) in [6.45, 7) is 2.86. The van der Waals surface area contributed by atoms with Gasteiger partial charge in [-0.1, -0.05) is 29.3 Å². The molecular weight excluding hydrogens is 317 g/mol. The van der Waals surface area contributed by atoms with Gasteiger partial charge in [-0.2, -0.15) is 0 Å². The second-order valence-corrected chi connectivity index (χ2v) is 7.01. The van der Waals surface area contributed by atoms with E-state index in [0.717, 1.165) is 18.8 Å². The van der Waals surface area contributed by atoms with Gasteiger partial charge in [0, 0.05) is 36.8 Å². The molecule has 114 valence electrons. The Labute approximate surface area is 140 Å². The molecule has 0 N–H and O–H groups in total. The van der Waals surface area contributed by atoms with Crippen molar-refractivity contribution in [2.24, 2.45) is 0 Å². The Morgan fingerprint density at radius 3 is 2.91 bits per heavy atom. The largest absolute Gasteiger partial charge is 0.289 e. The van der Waals surface area contributed by atoms with Gasteiger partial charge >= 0.3 is 0 Å². The molecule has 22 heavy (non-hydrogen) atoms. The van der Waals surface area contributed by atoms with Crippen LogP contribution in [0.4, 0.5) is 0 Å². The van der Waals surface area contributed by atoms with E-state index in [1.165, 1.54) is 29.7 Å². The van der Waals surface area contributed by atoms with E-state index < -0.39 is 0 Å². The van der Waals surface area contributed by atoms with Crippen LogP contribution in [0.15, 0.2) is 24.4 Å². The Hall–Kier alpha value is -1.16. The van der Waals surface area contributed by atoms with Crippen LogP contribution in [0.5, 0.6) is 0 Å². The number of fused-ring (bicyclic) bond motifs is 4. The number of benzene rings is 1. The molecule has 1 aromatic heterocycles. The van der Waals surface area contributed by atoms with Crippen LogP contribution in [0, 0.1) is 6.92 Å². The third-order valence-electron chi connectivity index (χ3n) is 4.80. The minimum atomic E-state index is 0.434. The average Bonchev–Trinajstić information content (AvgIpc) is 2.76.